The summed E-state index contributed by atoms with van der Waals surface area (Å²) in [4.78, 5) is 19.1. The molecule has 17 heavy (non-hydrogen) atoms. The Kier molecular flexibility index (Phi) is 7.16. The third-order valence-electron chi connectivity index (χ3n) is 3.14. The molecule has 0 aromatic carbocycles. The molecule has 100 valence electrons. The predicted octanol–water partition coefficient (Wildman–Crippen LogP) is 0.803. The summed E-state index contributed by atoms with van der Waals surface area (Å²) in [6.07, 6.45) is 1.71. The second kappa shape index (κ2) is 8.44. The Balaban J connectivity index is 2.04. The second-order valence-corrected chi connectivity index (χ2v) is 4.28. The fourth-order valence-electron chi connectivity index (χ4n) is 1.86. The number of nitrogens with zero attached hydrogens (tertiary/aromatic N) is 1. The highest BCUT2D eigenvalue weighted by Crippen LogP contribution is 2.06. The van der Waals surface area contributed by atoms with E-state index in [-0.39, 0.29) is 11.8 Å². The number of morpholine rings is 1. The summed E-state index contributed by atoms with van der Waals surface area (Å²) in [5, 5.41) is 0. The van der Waals surface area contributed by atoms with Gasteiger partial charge in [-0.05, 0) is 12.8 Å². The zero-order valence-corrected chi connectivity index (χ0v) is 10.9. The third-order valence-corrected chi connectivity index (χ3v) is 3.14. The van der Waals surface area contributed by atoms with Gasteiger partial charge in [0.2, 0.25) is 5.91 Å². The van der Waals surface area contributed by atoms with Crippen molar-refractivity contribution in [3.05, 3.63) is 0 Å². The lowest BCUT2D eigenvalue weighted by Gasteiger charge is -2.26. The monoisotopic (exact) mass is 244 g/mol. The van der Waals surface area contributed by atoms with Crippen LogP contribution in [-0.4, -0.2) is 50.3 Å². The van der Waals surface area contributed by atoms with Crippen molar-refractivity contribution in [1.82, 2.24) is 10.4 Å². The van der Waals surface area contributed by atoms with E-state index in [9.17, 15) is 4.79 Å². The van der Waals surface area contributed by atoms with Crippen LogP contribution in [-0.2, 0) is 14.4 Å². The smallest absolute Gasteiger partial charge is 0.246 e. The first-order valence-corrected chi connectivity index (χ1v) is 6.49. The van der Waals surface area contributed by atoms with Gasteiger partial charge in [0.15, 0.2) is 0 Å². The summed E-state index contributed by atoms with van der Waals surface area (Å²) in [7, 11) is 0. The molecule has 1 N–H and O–H groups in total. The lowest BCUT2D eigenvalue weighted by atomic mass is 10.0. The SMILES string of the molecule is CCC(CC)C(=O)NOCCN1CCOCC1. The fourth-order valence-corrected chi connectivity index (χ4v) is 1.86. The predicted molar refractivity (Wildman–Crippen MR) is 65.4 cm³/mol. The van der Waals surface area contributed by atoms with Crippen LogP contribution in [0.5, 0.6) is 0 Å². The van der Waals surface area contributed by atoms with E-state index in [1.54, 1.807) is 0 Å². The number of carbonyl (C=O) groups is 1. The Bertz CT molecular complexity index is 214. The van der Waals surface area contributed by atoms with Crippen molar-refractivity contribution >= 4 is 5.91 Å². The van der Waals surface area contributed by atoms with Gasteiger partial charge in [-0.15, -0.1) is 0 Å². The molecule has 0 aromatic rings. The van der Waals surface area contributed by atoms with E-state index in [2.05, 4.69) is 10.4 Å². The zero-order chi connectivity index (χ0) is 12.5. The van der Waals surface area contributed by atoms with Crippen LogP contribution in [0.4, 0.5) is 0 Å². The van der Waals surface area contributed by atoms with Crippen LogP contribution in [0.25, 0.3) is 0 Å². The Labute approximate surface area is 103 Å². The van der Waals surface area contributed by atoms with Crippen molar-refractivity contribution in [1.29, 1.82) is 0 Å². The van der Waals surface area contributed by atoms with E-state index in [0.29, 0.717) is 6.61 Å². The fraction of sp³-hybridized carbons (Fsp3) is 0.917. The minimum atomic E-state index is -0.00280. The van der Waals surface area contributed by atoms with Crippen LogP contribution < -0.4 is 5.48 Å². The number of hydroxylamine groups is 1. The quantitative estimate of drug-likeness (QED) is 0.532. The molecule has 1 rings (SSSR count). The lowest BCUT2D eigenvalue weighted by Crippen LogP contribution is -2.40. The molecule has 0 aromatic heterocycles. The van der Waals surface area contributed by atoms with Crippen LogP contribution in [0, 0.1) is 5.92 Å². The maximum Gasteiger partial charge on any atom is 0.246 e. The maximum absolute atomic E-state index is 11.6. The molecule has 5 heteroatoms. The molecule has 1 amide bonds. The number of hydrogen-bond acceptors (Lipinski definition) is 4. The maximum atomic E-state index is 11.6. The highest BCUT2D eigenvalue weighted by Gasteiger charge is 2.14. The van der Waals surface area contributed by atoms with E-state index in [4.69, 9.17) is 9.57 Å². The topological polar surface area (TPSA) is 50.8 Å². The summed E-state index contributed by atoms with van der Waals surface area (Å²) in [5.74, 6) is 0.0652. The van der Waals surface area contributed by atoms with Crippen molar-refractivity contribution in [2.24, 2.45) is 5.92 Å². The first-order valence-electron chi connectivity index (χ1n) is 6.49. The molecule has 0 unspecified atom stereocenters. The highest BCUT2D eigenvalue weighted by molar-refractivity contribution is 5.77. The number of amides is 1. The lowest BCUT2D eigenvalue weighted by molar-refractivity contribution is -0.138. The molecule has 1 aliphatic rings. The summed E-state index contributed by atoms with van der Waals surface area (Å²) in [5.41, 5.74) is 2.53. The van der Waals surface area contributed by atoms with Crippen LogP contribution >= 0.6 is 0 Å². The van der Waals surface area contributed by atoms with E-state index in [1.165, 1.54) is 0 Å². The normalized spacial score (nSPS) is 17.4. The standard InChI is InChI=1S/C12H24N2O3/c1-3-11(4-2)12(15)13-17-10-7-14-5-8-16-9-6-14/h11H,3-10H2,1-2H3,(H,13,15). The summed E-state index contributed by atoms with van der Waals surface area (Å²) >= 11 is 0. The van der Waals surface area contributed by atoms with E-state index in [1.807, 2.05) is 13.8 Å². The largest absolute Gasteiger partial charge is 0.379 e. The third kappa shape index (κ3) is 5.48. The second-order valence-electron chi connectivity index (χ2n) is 4.28. The summed E-state index contributed by atoms with van der Waals surface area (Å²) in [6.45, 7) is 8.88. The van der Waals surface area contributed by atoms with Crippen LogP contribution in [0.1, 0.15) is 26.7 Å². The van der Waals surface area contributed by atoms with Crippen LogP contribution in [0.15, 0.2) is 0 Å². The average molecular weight is 244 g/mol. The van der Waals surface area contributed by atoms with Gasteiger partial charge in [0.25, 0.3) is 0 Å². The Morgan fingerprint density at radius 3 is 2.59 bits per heavy atom. The van der Waals surface area contributed by atoms with Gasteiger partial charge in [0.1, 0.15) is 0 Å². The van der Waals surface area contributed by atoms with Gasteiger partial charge < -0.3 is 4.74 Å². The molecule has 0 saturated carbocycles. The molecule has 1 aliphatic heterocycles. The van der Waals surface area contributed by atoms with Crippen molar-refractivity contribution in [3.8, 4) is 0 Å². The van der Waals surface area contributed by atoms with Gasteiger partial charge in [-0.3, -0.25) is 14.5 Å². The van der Waals surface area contributed by atoms with Crippen molar-refractivity contribution < 1.29 is 14.4 Å². The van der Waals surface area contributed by atoms with Crippen molar-refractivity contribution in [2.45, 2.75) is 26.7 Å². The molecular weight excluding hydrogens is 220 g/mol. The first kappa shape index (κ1) is 14.4. The Morgan fingerprint density at radius 2 is 2.00 bits per heavy atom. The van der Waals surface area contributed by atoms with Gasteiger partial charge in [-0.25, -0.2) is 5.48 Å². The van der Waals surface area contributed by atoms with Crippen LogP contribution in [0.3, 0.4) is 0 Å². The molecule has 1 saturated heterocycles. The summed E-state index contributed by atoms with van der Waals surface area (Å²) < 4.78 is 5.25. The minimum Gasteiger partial charge on any atom is -0.379 e. The van der Waals surface area contributed by atoms with Gasteiger partial charge in [0, 0.05) is 25.6 Å². The van der Waals surface area contributed by atoms with Crippen LogP contribution in [0.2, 0.25) is 0 Å². The number of rotatable bonds is 7. The minimum absolute atomic E-state index is 0.00280. The summed E-state index contributed by atoms with van der Waals surface area (Å²) in [6, 6.07) is 0. The molecule has 0 radical (unpaired) electrons. The number of hydrogen-bond donors (Lipinski definition) is 1. The van der Waals surface area contributed by atoms with E-state index in [0.717, 1.165) is 45.7 Å². The molecular formula is C12H24N2O3. The zero-order valence-electron chi connectivity index (χ0n) is 10.9. The van der Waals surface area contributed by atoms with Crippen molar-refractivity contribution in [2.75, 3.05) is 39.5 Å². The molecule has 0 atom stereocenters. The highest BCUT2D eigenvalue weighted by atomic mass is 16.7. The van der Waals surface area contributed by atoms with E-state index >= 15 is 0 Å². The molecule has 0 spiro atoms. The van der Waals surface area contributed by atoms with Gasteiger partial charge in [-0.2, -0.15) is 0 Å². The average Bonchev–Trinajstić information content (AvgIpc) is 2.37. The first-order chi connectivity index (χ1) is 8.27. The molecule has 1 heterocycles. The Hall–Kier alpha value is -0.650. The molecule has 0 aliphatic carbocycles. The van der Waals surface area contributed by atoms with Gasteiger partial charge in [-0.1, -0.05) is 13.8 Å². The van der Waals surface area contributed by atoms with E-state index < -0.39 is 0 Å². The van der Waals surface area contributed by atoms with Crippen molar-refractivity contribution in [3.63, 3.8) is 0 Å². The molecule has 0 bridgehead atoms. The number of nitrogens with one attached hydrogen (secondary N) is 1. The number of ether oxygens (including phenoxy) is 1. The van der Waals surface area contributed by atoms with Gasteiger partial charge in [0.05, 0.1) is 19.8 Å². The molecule has 5 nitrogen and oxygen atoms in total. The number of carbonyl (C=O) groups excluding carboxylic acids is 1. The Morgan fingerprint density at radius 1 is 1.35 bits per heavy atom. The molecule has 1 fully saturated rings. The van der Waals surface area contributed by atoms with Gasteiger partial charge >= 0.3 is 0 Å².